The lowest BCUT2D eigenvalue weighted by Gasteiger charge is -2.07. The molecule has 0 N–H and O–H groups in total. The molecule has 23 heavy (non-hydrogen) atoms. The lowest BCUT2D eigenvalue weighted by molar-refractivity contribution is 0.107. The van der Waals surface area contributed by atoms with Crippen LogP contribution in [0.25, 0.3) is 21.8 Å². The highest BCUT2D eigenvalue weighted by Gasteiger charge is 2.00. The highest BCUT2D eigenvalue weighted by molar-refractivity contribution is 5.79. The van der Waals surface area contributed by atoms with Crippen molar-refractivity contribution < 1.29 is 4.74 Å². The summed E-state index contributed by atoms with van der Waals surface area (Å²) in [6, 6.07) is 20.5. The average molecular weight is 300 g/mol. The van der Waals surface area contributed by atoms with Crippen molar-refractivity contribution in [3.05, 3.63) is 84.2 Å². The second kappa shape index (κ2) is 6.15. The molecule has 0 aliphatic rings. The first-order valence-electron chi connectivity index (χ1n) is 7.63. The monoisotopic (exact) mass is 300 g/mol. The number of ether oxygens (including phenoxy) is 1. The zero-order valence-electron chi connectivity index (χ0n) is 12.6. The Morgan fingerprint density at radius 2 is 1.17 bits per heavy atom. The Labute approximate surface area is 134 Å². The fraction of sp³-hybridized carbons (Fsp3) is 0.100. The van der Waals surface area contributed by atoms with E-state index in [9.17, 15) is 0 Å². The number of hydrogen-bond donors (Lipinski definition) is 0. The van der Waals surface area contributed by atoms with Gasteiger partial charge < -0.3 is 4.74 Å². The molecule has 2 aromatic carbocycles. The first-order valence-corrected chi connectivity index (χ1v) is 7.63. The number of hydrogen-bond acceptors (Lipinski definition) is 3. The van der Waals surface area contributed by atoms with Crippen molar-refractivity contribution in [1.29, 1.82) is 0 Å². The minimum absolute atomic E-state index is 0.593. The van der Waals surface area contributed by atoms with E-state index in [1.165, 1.54) is 0 Å². The second-order valence-corrected chi connectivity index (χ2v) is 5.55. The number of aromatic nitrogens is 2. The molecule has 0 fully saturated rings. The molecule has 4 rings (SSSR count). The first kappa shape index (κ1) is 13.9. The van der Waals surface area contributed by atoms with Gasteiger partial charge in [0, 0.05) is 23.2 Å². The first-order chi connectivity index (χ1) is 11.4. The summed E-state index contributed by atoms with van der Waals surface area (Å²) in [6.45, 7) is 1.19. The summed E-state index contributed by atoms with van der Waals surface area (Å²) in [5.41, 5.74) is 4.34. The normalized spacial score (nSPS) is 11.1. The van der Waals surface area contributed by atoms with Crippen LogP contribution in [0.2, 0.25) is 0 Å². The molecule has 0 amide bonds. The van der Waals surface area contributed by atoms with Crippen LogP contribution < -0.4 is 0 Å². The summed E-state index contributed by atoms with van der Waals surface area (Å²) < 4.78 is 5.86. The van der Waals surface area contributed by atoms with Gasteiger partial charge in [0.25, 0.3) is 0 Å². The summed E-state index contributed by atoms with van der Waals surface area (Å²) in [5, 5.41) is 2.29. The van der Waals surface area contributed by atoms with Gasteiger partial charge in [-0.05, 0) is 47.5 Å². The predicted molar refractivity (Wildman–Crippen MR) is 92.0 cm³/mol. The third-order valence-corrected chi connectivity index (χ3v) is 3.87. The largest absolute Gasteiger partial charge is 0.372 e. The summed E-state index contributed by atoms with van der Waals surface area (Å²) >= 11 is 0. The van der Waals surface area contributed by atoms with E-state index < -0.39 is 0 Å². The van der Waals surface area contributed by atoms with E-state index in [-0.39, 0.29) is 0 Å². The number of rotatable bonds is 4. The van der Waals surface area contributed by atoms with Crippen molar-refractivity contribution in [2.45, 2.75) is 13.2 Å². The molecule has 0 atom stereocenters. The van der Waals surface area contributed by atoms with Gasteiger partial charge in [-0.25, -0.2) is 0 Å². The lowest BCUT2D eigenvalue weighted by Crippen LogP contribution is -1.95. The fourth-order valence-corrected chi connectivity index (χ4v) is 2.72. The van der Waals surface area contributed by atoms with Crippen LogP contribution in [0.15, 0.2) is 73.1 Å². The number of benzene rings is 2. The Hall–Kier alpha value is -2.78. The van der Waals surface area contributed by atoms with Gasteiger partial charge in [0.05, 0.1) is 24.2 Å². The van der Waals surface area contributed by atoms with Crippen molar-refractivity contribution in [1.82, 2.24) is 9.97 Å². The molecule has 4 aromatic rings. The maximum atomic E-state index is 5.86. The molecule has 0 saturated carbocycles. The third kappa shape index (κ3) is 3.05. The molecule has 0 bridgehead atoms. The molecule has 0 aliphatic heterocycles. The van der Waals surface area contributed by atoms with Gasteiger partial charge in [-0.15, -0.1) is 0 Å². The van der Waals surface area contributed by atoms with Crippen LogP contribution in [0.3, 0.4) is 0 Å². The number of fused-ring (bicyclic) bond motifs is 2. The molecular formula is C20H16N2O. The zero-order chi connectivity index (χ0) is 15.5. The molecule has 3 nitrogen and oxygen atoms in total. The maximum absolute atomic E-state index is 5.86. The molecule has 3 heteroatoms. The molecular weight excluding hydrogens is 284 g/mol. The number of nitrogens with zero attached hydrogens (tertiary/aromatic N) is 2. The van der Waals surface area contributed by atoms with Crippen LogP contribution in [-0.4, -0.2) is 9.97 Å². The van der Waals surface area contributed by atoms with Crippen molar-refractivity contribution in [3.63, 3.8) is 0 Å². The van der Waals surface area contributed by atoms with Crippen LogP contribution >= 0.6 is 0 Å². The molecule has 0 saturated heterocycles. The highest BCUT2D eigenvalue weighted by atomic mass is 16.5. The molecule has 2 aromatic heterocycles. The third-order valence-electron chi connectivity index (χ3n) is 3.87. The minimum atomic E-state index is 0.593. The highest BCUT2D eigenvalue weighted by Crippen LogP contribution is 2.16. The van der Waals surface area contributed by atoms with E-state index in [0.717, 1.165) is 32.9 Å². The van der Waals surface area contributed by atoms with E-state index in [2.05, 4.69) is 46.4 Å². The fourth-order valence-electron chi connectivity index (χ4n) is 2.72. The average Bonchev–Trinajstić information content (AvgIpc) is 2.61. The lowest BCUT2D eigenvalue weighted by atomic mass is 10.1. The minimum Gasteiger partial charge on any atom is -0.372 e. The van der Waals surface area contributed by atoms with Gasteiger partial charge >= 0.3 is 0 Å². The second-order valence-electron chi connectivity index (χ2n) is 5.55. The zero-order valence-corrected chi connectivity index (χ0v) is 12.6. The topological polar surface area (TPSA) is 35.0 Å². The van der Waals surface area contributed by atoms with E-state index in [1.54, 1.807) is 0 Å². The van der Waals surface area contributed by atoms with Crippen molar-refractivity contribution in [3.8, 4) is 0 Å². The van der Waals surface area contributed by atoms with Crippen LogP contribution in [0.1, 0.15) is 11.1 Å². The smallest absolute Gasteiger partial charge is 0.0721 e. The Morgan fingerprint density at radius 3 is 1.70 bits per heavy atom. The van der Waals surface area contributed by atoms with Gasteiger partial charge in [0.15, 0.2) is 0 Å². The molecule has 0 radical (unpaired) electrons. The van der Waals surface area contributed by atoms with Crippen LogP contribution in [-0.2, 0) is 18.0 Å². The Balaban J connectivity index is 1.45. The Kier molecular flexibility index (Phi) is 3.70. The standard InChI is InChI=1S/C20H16N2O/c1-3-17-11-15(5-7-19(17)21-9-1)13-23-14-16-6-8-20-18(12-16)4-2-10-22-20/h1-12H,13-14H2. The maximum Gasteiger partial charge on any atom is 0.0721 e. The van der Waals surface area contributed by atoms with E-state index >= 15 is 0 Å². The molecule has 2 heterocycles. The van der Waals surface area contributed by atoms with E-state index in [1.807, 2.05) is 36.7 Å². The summed E-state index contributed by atoms with van der Waals surface area (Å²) in [5.74, 6) is 0. The van der Waals surface area contributed by atoms with Gasteiger partial charge in [-0.2, -0.15) is 0 Å². The van der Waals surface area contributed by atoms with Gasteiger partial charge in [0.1, 0.15) is 0 Å². The van der Waals surface area contributed by atoms with Gasteiger partial charge in [0.2, 0.25) is 0 Å². The van der Waals surface area contributed by atoms with E-state index in [4.69, 9.17) is 4.74 Å². The van der Waals surface area contributed by atoms with Crippen molar-refractivity contribution in [2.24, 2.45) is 0 Å². The van der Waals surface area contributed by atoms with Crippen LogP contribution in [0, 0.1) is 0 Å². The summed E-state index contributed by atoms with van der Waals surface area (Å²) in [6.07, 6.45) is 3.63. The Bertz CT molecular complexity index is 886. The summed E-state index contributed by atoms with van der Waals surface area (Å²) in [7, 11) is 0. The van der Waals surface area contributed by atoms with Gasteiger partial charge in [-0.3, -0.25) is 9.97 Å². The van der Waals surface area contributed by atoms with Gasteiger partial charge in [-0.1, -0.05) is 24.3 Å². The Morgan fingerprint density at radius 1 is 0.652 bits per heavy atom. The van der Waals surface area contributed by atoms with Crippen LogP contribution in [0.4, 0.5) is 0 Å². The van der Waals surface area contributed by atoms with Crippen molar-refractivity contribution in [2.75, 3.05) is 0 Å². The molecule has 0 aliphatic carbocycles. The van der Waals surface area contributed by atoms with Crippen LogP contribution in [0.5, 0.6) is 0 Å². The quantitative estimate of drug-likeness (QED) is 0.556. The van der Waals surface area contributed by atoms with Crippen molar-refractivity contribution >= 4 is 21.8 Å². The SMILES string of the molecule is c1cnc2ccc(COCc3ccc4ncccc4c3)cc2c1. The molecule has 0 spiro atoms. The summed E-state index contributed by atoms with van der Waals surface area (Å²) in [4.78, 5) is 8.66. The predicted octanol–water partition coefficient (Wildman–Crippen LogP) is 4.50. The number of pyridine rings is 2. The van der Waals surface area contributed by atoms with E-state index in [0.29, 0.717) is 13.2 Å². The molecule has 0 unspecified atom stereocenters. The molecule has 112 valence electrons.